The van der Waals surface area contributed by atoms with E-state index in [1.54, 1.807) is 0 Å². The lowest BCUT2D eigenvalue weighted by Crippen LogP contribution is -2.43. The van der Waals surface area contributed by atoms with Crippen molar-refractivity contribution in [1.82, 2.24) is 4.90 Å². The predicted octanol–water partition coefficient (Wildman–Crippen LogP) is 2.77. The first kappa shape index (κ1) is 13.1. The number of aliphatic hydroxyl groups excluding tert-OH is 1. The lowest BCUT2D eigenvalue weighted by atomic mass is 9.84. The molecule has 2 heterocycles. The summed E-state index contributed by atoms with van der Waals surface area (Å²) in [5.41, 5.74) is 2.56. The monoisotopic (exact) mass is 259 g/mol. The van der Waals surface area contributed by atoms with Crippen molar-refractivity contribution in [2.24, 2.45) is 5.92 Å². The minimum absolute atomic E-state index is 0.168. The van der Waals surface area contributed by atoms with Crippen LogP contribution in [0.4, 0.5) is 0 Å². The number of fused-ring (bicyclic) bond motifs is 2. The van der Waals surface area contributed by atoms with Gasteiger partial charge in [0, 0.05) is 12.1 Å². The van der Waals surface area contributed by atoms with Crippen molar-refractivity contribution in [3.63, 3.8) is 0 Å². The van der Waals surface area contributed by atoms with Gasteiger partial charge in [-0.05, 0) is 57.6 Å². The number of hydrogen-bond donors (Lipinski definition) is 1. The number of piperidine rings is 1. The van der Waals surface area contributed by atoms with Gasteiger partial charge in [0.05, 0.1) is 6.10 Å². The Morgan fingerprint density at radius 1 is 1.26 bits per heavy atom. The maximum absolute atomic E-state index is 10.5. The van der Waals surface area contributed by atoms with Crippen LogP contribution in [0, 0.1) is 12.8 Å². The van der Waals surface area contributed by atoms with Crippen LogP contribution in [0.2, 0.25) is 0 Å². The van der Waals surface area contributed by atoms with Crippen molar-refractivity contribution in [2.45, 2.75) is 57.2 Å². The number of aryl methyl sites for hydroxylation is 1. The van der Waals surface area contributed by atoms with Crippen LogP contribution in [0.1, 0.15) is 36.8 Å². The second-order valence-electron chi connectivity index (χ2n) is 6.54. The van der Waals surface area contributed by atoms with E-state index in [1.807, 2.05) is 0 Å². The van der Waals surface area contributed by atoms with Gasteiger partial charge in [-0.1, -0.05) is 29.8 Å². The molecule has 2 heteroatoms. The van der Waals surface area contributed by atoms with Gasteiger partial charge in [-0.25, -0.2) is 0 Å². The Kier molecular flexibility index (Phi) is 3.64. The Balaban J connectivity index is 1.64. The molecule has 0 saturated carbocycles. The molecule has 3 rings (SSSR count). The van der Waals surface area contributed by atoms with Gasteiger partial charge in [0.1, 0.15) is 0 Å². The lowest BCUT2D eigenvalue weighted by Gasteiger charge is -2.38. The molecule has 2 saturated heterocycles. The number of aliphatic hydroxyl groups is 1. The van der Waals surface area contributed by atoms with E-state index in [0.717, 1.165) is 18.5 Å². The molecule has 3 atom stereocenters. The molecule has 1 N–H and O–H groups in total. The second kappa shape index (κ2) is 5.26. The number of rotatable bonds is 3. The normalized spacial score (nSPS) is 32.5. The van der Waals surface area contributed by atoms with Gasteiger partial charge in [0.25, 0.3) is 0 Å². The molecule has 19 heavy (non-hydrogen) atoms. The van der Waals surface area contributed by atoms with Crippen molar-refractivity contribution in [2.75, 3.05) is 7.05 Å². The third-order valence-corrected chi connectivity index (χ3v) is 5.21. The average molecular weight is 259 g/mol. The molecule has 0 aliphatic carbocycles. The van der Waals surface area contributed by atoms with E-state index in [9.17, 15) is 5.11 Å². The summed E-state index contributed by atoms with van der Waals surface area (Å²) in [5.74, 6) is 0.495. The maximum Gasteiger partial charge on any atom is 0.0609 e. The molecule has 0 amide bonds. The van der Waals surface area contributed by atoms with Crippen molar-refractivity contribution in [1.29, 1.82) is 0 Å². The molecule has 2 aliphatic rings. The summed E-state index contributed by atoms with van der Waals surface area (Å²) >= 11 is 0. The smallest absolute Gasteiger partial charge is 0.0609 e. The third-order valence-electron chi connectivity index (χ3n) is 5.21. The van der Waals surface area contributed by atoms with Crippen LogP contribution in [0.15, 0.2) is 24.3 Å². The summed E-state index contributed by atoms with van der Waals surface area (Å²) in [6.45, 7) is 2.12. The first-order chi connectivity index (χ1) is 9.13. The van der Waals surface area contributed by atoms with Crippen LogP contribution >= 0.6 is 0 Å². The summed E-state index contributed by atoms with van der Waals surface area (Å²) in [6, 6.07) is 9.99. The van der Waals surface area contributed by atoms with Crippen LogP contribution in [-0.4, -0.2) is 35.2 Å². The molecule has 2 aliphatic heterocycles. The van der Waals surface area contributed by atoms with Crippen LogP contribution in [-0.2, 0) is 6.42 Å². The van der Waals surface area contributed by atoms with E-state index in [4.69, 9.17) is 0 Å². The molecule has 2 bridgehead atoms. The average Bonchev–Trinajstić information content (AvgIpc) is 2.62. The number of benzene rings is 1. The van der Waals surface area contributed by atoms with Gasteiger partial charge >= 0.3 is 0 Å². The minimum atomic E-state index is -0.168. The molecule has 1 aromatic carbocycles. The molecular formula is C17H25NO. The Morgan fingerprint density at radius 2 is 1.95 bits per heavy atom. The standard InChI is InChI=1S/C17H25NO/c1-12-4-3-5-13(8-12)9-17(19)14-10-15-6-7-16(11-14)18(15)2/h3-5,8,14-17,19H,6-7,9-11H2,1-2H3. The van der Waals surface area contributed by atoms with Gasteiger partial charge in [-0.15, -0.1) is 0 Å². The minimum Gasteiger partial charge on any atom is -0.392 e. The molecular weight excluding hydrogens is 234 g/mol. The molecule has 0 radical (unpaired) electrons. The number of hydrogen-bond acceptors (Lipinski definition) is 2. The van der Waals surface area contributed by atoms with Crippen molar-refractivity contribution >= 4 is 0 Å². The number of nitrogens with zero attached hydrogens (tertiary/aromatic N) is 1. The highest BCUT2D eigenvalue weighted by molar-refractivity contribution is 5.23. The summed E-state index contributed by atoms with van der Waals surface area (Å²) in [6.07, 6.45) is 5.66. The molecule has 2 nitrogen and oxygen atoms in total. The van der Waals surface area contributed by atoms with Crippen LogP contribution in [0.3, 0.4) is 0 Å². The topological polar surface area (TPSA) is 23.5 Å². The first-order valence-electron chi connectivity index (χ1n) is 7.59. The summed E-state index contributed by atoms with van der Waals surface area (Å²) < 4.78 is 0. The largest absolute Gasteiger partial charge is 0.392 e. The molecule has 3 unspecified atom stereocenters. The van der Waals surface area contributed by atoms with Gasteiger partial charge in [-0.2, -0.15) is 0 Å². The molecule has 104 valence electrons. The van der Waals surface area contributed by atoms with E-state index in [2.05, 4.69) is 43.1 Å². The Morgan fingerprint density at radius 3 is 2.58 bits per heavy atom. The highest BCUT2D eigenvalue weighted by atomic mass is 16.3. The van der Waals surface area contributed by atoms with E-state index in [0.29, 0.717) is 5.92 Å². The molecule has 2 fully saturated rings. The summed E-state index contributed by atoms with van der Waals surface area (Å²) in [4.78, 5) is 2.54. The fraction of sp³-hybridized carbons (Fsp3) is 0.647. The van der Waals surface area contributed by atoms with Crippen LogP contribution in [0.5, 0.6) is 0 Å². The molecule has 1 aromatic rings. The lowest BCUT2D eigenvalue weighted by molar-refractivity contribution is 0.0368. The van der Waals surface area contributed by atoms with E-state index in [1.165, 1.54) is 36.8 Å². The van der Waals surface area contributed by atoms with Crippen molar-refractivity contribution < 1.29 is 5.11 Å². The fourth-order valence-electron chi connectivity index (χ4n) is 4.02. The van der Waals surface area contributed by atoms with E-state index >= 15 is 0 Å². The zero-order valence-electron chi connectivity index (χ0n) is 12.0. The highest BCUT2D eigenvalue weighted by Crippen LogP contribution is 2.39. The van der Waals surface area contributed by atoms with Crippen LogP contribution < -0.4 is 0 Å². The van der Waals surface area contributed by atoms with E-state index in [-0.39, 0.29) is 6.10 Å². The summed E-state index contributed by atoms with van der Waals surface area (Å²) in [7, 11) is 2.26. The highest BCUT2D eigenvalue weighted by Gasteiger charge is 2.40. The second-order valence-corrected chi connectivity index (χ2v) is 6.54. The Labute approximate surface area is 116 Å². The fourth-order valence-corrected chi connectivity index (χ4v) is 4.02. The van der Waals surface area contributed by atoms with Gasteiger partial charge in [0.2, 0.25) is 0 Å². The zero-order valence-corrected chi connectivity index (χ0v) is 12.0. The predicted molar refractivity (Wildman–Crippen MR) is 78.2 cm³/mol. The third kappa shape index (κ3) is 2.70. The van der Waals surface area contributed by atoms with E-state index < -0.39 is 0 Å². The van der Waals surface area contributed by atoms with Gasteiger partial charge in [-0.3, -0.25) is 0 Å². The molecule has 0 aromatic heterocycles. The zero-order chi connectivity index (χ0) is 13.4. The van der Waals surface area contributed by atoms with Crippen LogP contribution in [0.25, 0.3) is 0 Å². The Hall–Kier alpha value is -0.860. The van der Waals surface area contributed by atoms with Gasteiger partial charge < -0.3 is 10.0 Å². The first-order valence-corrected chi connectivity index (χ1v) is 7.59. The van der Waals surface area contributed by atoms with Gasteiger partial charge in [0.15, 0.2) is 0 Å². The SMILES string of the molecule is Cc1cccc(CC(O)C2CC3CCC(C2)N3C)c1. The molecule has 0 spiro atoms. The summed E-state index contributed by atoms with van der Waals surface area (Å²) in [5, 5.41) is 10.5. The Bertz CT molecular complexity index is 431. The quantitative estimate of drug-likeness (QED) is 0.902. The van der Waals surface area contributed by atoms with Crippen molar-refractivity contribution in [3.8, 4) is 0 Å². The van der Waals surface area contributed by atoms with Crippen molar-refractivity contribution in [3.05, 3.63) is 35.4 Å². The maximum atomic E-state index is 10.5.